The van der Waals surface area contributed by atoms with Crippen molar-refractivity contribution in [2.45, 2.75) is 63.6 Å². The molecule has 3 aliphatic heterocycles. The number of nitrogens with zero attached hydrogens (tertiary/aromatic N) is 1. The lowest BCUT2D eigenvalue weighted by Crippen LogP contribution is -2.52. The molecule has 0 radical (unpaired) electrons. The summed E-state index contributed by atoms with van der Waals surface area (Å²) in [6.07, 6.45) is 3.47. The Balaban J connectivity index is 1.38. The van der Waals surface area contributed by atoms with Gasteiger partial charge in [-0.15, -0.1) is 0 Å². The maximum absolute atomic E-state index is 13.3. The Bertz CT molecular complexity index is 1230. The predicted molar refractivity (Wildman–Crippen MR) is 134 cm³/mol. The third-order valence-corrected chi connectivity index (χ3v) is 8.05. The highest BCUT2D eigenvalue weighted by molar-refractivity contribution is 6.05. The molecule has 188 valence electrons. The van der Waals surface area contributed by atoms with E-state index in [1.807, 2.05) is 24.3 Å². The molecule has 0 spiro atoms. The number of nitrogens with one attached hydrogen (secondary N) is 2. The second kappa shape index (κ2) is 9.85. The molecule has 36 heavy (non-hydrogen) atoms. The van der Waals surface area contributed by atoms with Crippen LogP contribution in [-0.2, 0) is 16.1 Å². The normalized spacial score (nSPS) is 24.9. The van der Waals surface area contributed by atoms with E-state index in [4.69, 9.17) is 5.73 Å². The molecule has 2 saturated heterocycles. The third-order valence-electron chi connectivity index (χ3n) is 8.05. The highest BCUT2D eigenvalue weighted by Crippen LogP contribution is 2.41. The molecule has 2 aromatic rings. The number of carbonyl (C=O) groups excluding carboxylic acids is 4. The molecular weight excluding hydrogens is 456 g/mol. The van der Waals surface area contributed by atoms with Crippen LogP contribution in [0.5, 0.6) is 0 Å². The summed E-state index contributed by atoms with van der Waals surface area (Å²) < 4.78 is 0. The maximum Gasteiger partial charge on any atom is 0.255 e. The van der Waals surface area contributed by atoms with E-state index in [-0.39, 0.29) is 24.3 Å². The molecule has 3 aliphatic rings. The van der Waals surface area contributed by atoms with Gasteiger partial charge in [-0.2, -0.15) is 0 Å². The average Bonchev–Trinajstić information content (AvgIpc) is 3.21. The number of primary amides is 1. The number of hydrogen-bond acceptors (Lipinski definition) is 5. The first-order chi connectivity index (χ1) is 17.4. The molecule has 4 amide bonds. The number of benzene rings is 2. The first-order valence-electron chi connectivity index (χ1n) is 12.8. The topological polar surface area (TPSA) is 122 Å². The Kier molecular flexibility index (Phi) is 6.62. The maximum atomic E-state index is 13.3. The first kappa shape index (κ1) is 24.2. The number of fused-ring (bicyclic) bond motifs is 1. The van der Waals surface area contributed by atoms with Crippen molar-refractivity contribution in [3.8, 4) is 0 Å². The van der Waals surface area contributed by atoms with Gasteiger partial charge < -0.3 is 16.0 Å². The van der Waals surface area contributed by atoms with Crippen LogP contribution in [0.15, 0.2) is 42.5 Å². The lowest BCUT2D eigenvalue weighted by molar-refractivity contribution is -0.136. The second-order valence-electron chi connectivity index (χ2n) is 10.1. The highest BCUT2D eigenvalue weighted by atomic mass is 16.2. The third kappa shape index (κ3) is 4.41. The van der Waals surface area contributed by atoms with E-state index in [9.17, 15) is 19.2 Å². The molecule has 8 nitrogen and oxygen atoms in total. The Morgan fingerprint density at radius 1 is 1.14 bits per heavy atom. The van der Waals surface area contributed by atoms with Crippen molar-refractivity contribution in [2.24, 2.45) is 11.7 Å². The number of imide groups is 1. The van der Waals surface area contributed by atoms with Crippen molar-refractivity contribution < 1.29 is 19.2 Å². The summed E-state index contributed by atoms with van der Waals surface area (Å²) in [4.78, 5) is 50.6. The summed E-state index contributed by atoms with van der Waals surface area (Å²) in [6, 6.07) is 12.9. The number of nitrogens with two attached hydrogens (primary N) is 1. The summed E-state index contributed by atoms with van der Waals surface area (Å²) in [7, 11) is 0. The molecule has 0 aliphatic carbocycles. The summed E-state index contributed by atoms with van der Waals surface area (Å²) in [5.41, 5.74) is 9.90. The Morgan fingerprint density at radius 2 is 1.94 bits per heavy atom. The molecule has 3 unspecified atom stereocenters. The number of hydrogen-bond donors (Lipinski definition) is 3. The molecular formula is C28H32N4O4. The zero-order valence-electron chi connectivity index (χ0n) is 20.5. The first-order valence-corrected chi connectivity index (χ1v) is 12.8. The van der Waals surface area contributed by atoms with Gasteiger partial charge in [0, 0.05) is 30.1 Å². The Morgan fingerprint density at radius 3 is 2.69 bits per heavy atom. The largest absolute Gasteiger partial charge is 0.366 e. The van der Waals surface area contributed by atoms with Crippen LogP contribution >= 0.6 is 0 Å². The van der Waals surface area contributed by atoms with Gasteiger partial charge in [-0.25, -0.2) is 0 Å². The molecule has 4 N–H and O–H groups in total. The van der Waals surface area contributed by atoms with Crippen molar-refractivity contribution in [3.63, 3.8) is 0 Å². The van der Waals surface area contributed by atoms with Gasteiger partial charge in [0.05, 0.1) is 0 Å². The molecule has 2 aromatic carbocycles. The highest BCUT2D eigenvalue weighted by Gasteiger charge is 2.41. The lowest BCUT2D eigenvalue weighted by Gasteiger charge is -2.36. The number of rotatable bonds is 6. The molecule has 5 rings (SSSR count). The summed E-state index contributed by atoms with van der Waals surface area (Å²) in [6.45, 7) is 3.41. The SMILES string of the molecule is CCC(c1cccc(C(N)=O)c1)C1CCNC(c2cccc3c2CN([C@H]2CCC(=O)NC2=O)C3=O)C1. The van der Waals surface area contributed by atoms with Crippen molar-refractivity contribution >= 4 is 23.6 Å². The van der Waals surface area contributed by atoms with E-state index >= 15 is 0 Å². The Hall–Kier alpha value is -3.52. The van der Waals surface area contributed by atoms with Crippen LogP contribution in [-0.4, -0.2) is 41.1 Å². The van der Waals surface area contributed by atoms with Crippen LogP contribution in [0.2, 0.25) is 0 Å². The summed E-state index contributed by atoms with van der Waals surface area (Å²) in [5.74, 6) is -0.543. The summed E-state index contributed by atoms with van der Waals surface area (Å²) >= 11 is 0. The average molecular weight is 489 g/mol. The molecule has 2 fully saturated rings. The van der Waals surface area contributed by atoms with Crippen LogP contribution < -0.4 is 16.4 Å². The van der Waals surface area contributed by atoms with Gasteiger partial charge in [-0.1, -0.05) is 31.2 Å². The molecule has 0 aromatic heterocycles. The molecule has 4 atom stereocenters. The standard InChI is InChI=1S/C28H32N4O4/c1-2-19(16-5-3-6-18(13-16)26(29)34)17-11-12-30-23(14-17)20-7-4-8-21-22(20)15-32(28(21)36)24-9-10-25(33)31-27(24)35/h3-8,13,17,19,23-24,30H,2,9-12,14-15H2,1H3,(H2,29,34)(H,31,33,35)/t17?,19?,23?,24-/m0/s1. The number of carbonyl (C=O) groups is 4. The predicted octanol–water partition coefficient (Wildman–Crippen LogP) is 2.78. The lowest BCUT2D eigenvalue weighted by atomic mass is 9.75. The molecule has 8 heteroatoms. The monoisotopic (exact) mass is 488 g/mol. The van der Waals surface area contributed by atoms with Gasteiger partial charge in [0.25, 0.3) is 5.91 Å². The zero-order valence-corrected chi connectivity index (χ0v) is 20.5. The van der Waals surface area contributed by atoms with E-state index in [1.165, 1.54) is 0 Å². The molecule has 3 heterocycles. The van der Waals surface area contributed by atoms with Crippen molar-refractivity contribution in [1.82, 2.24) is 15.5 Å². The number of amides is 4. The van der Waals surface area contributed by atoms with E-state index in [1.54, 1.807) is 11.0 Å². The van der Waals surface area contributed by atoms with E-state index < -0.39 is 17.9 Å². The molecule has 0 saturated carbocycles. The van der Waals surface area contributed by atoms with Crippen molar-refractivity contribution in [3.05, 3.63) is 70.3 Å². The van der Waals surface area contributed by atoms with Gasteiger partial charge >= 0.3 is 0 Å². The summed E-state index contributed by atoms with van der Waals surface area (Å²) in [5, 5.41) is 6.02. The van der Waals surface area contributed by atoms with Crippen molar-refractivity contribution in [1.29, 1.82) is 0 Å². The van der Waals surface area contributed by atoms with Crippen LogP contribution in [0.1, 0.15) is 88.4 Å². The zero-order chi connectivity index (χ0) is 25.4. The van der Waals surface area contributed by atoms with Crippen molar-refractivity contribution in [2.75, 3.05) is 6.54 Å². The van der Waals surface area contributed by atoms with Gasteiger partial charge in [-0.05, 0) is 79.0 Å². The van der Waals surface area contributed by atoms with Crippen LogP contribution in [0.25, 0.3) is 0 Å². The van der Waals surface area contributed by atoms with E-state index in [0.717, 1.165) is 42.5 Å². The van der Waals surface area contributed by atoms with Crippen LogP contribution in [0.4, 0.5) is 0 Å². The van der Waals surface area contributed by atoms with E-state index in [2.05, 4.69) is 29.7 Å². The second-order valence-corrected chi connectivity index (χ2v) is 10.1. The van der Waals surface area contributed by atoms with Gasteiger partial charge in [-0.3, -0.25) is 24.5 Å². The van der Waals surface area contributed by atoms with Gasteiger partial charge in [0.1, 0.15) is 6.04 Å². The molecule has 0 bridgehead atoms. The fraction of sp³-hybridized carbons (Fsp3) is 0.429. The Labute approximate surface area is 210 Å². The van der Waals surface area contributed by atoms with Gasteiger partial charge in [0.2, 0.25) is 17.7 Å². The van der Waals surface area contributed by atoms with Crippen LogP contribution in [0.3, 0.4) is 0 Å². The van der Waals surface area contributed by atoms with E-state index in [0.29, 0.717) is 35.9 Å². The minimum Gasteiger partial charge on any atom is -0.366 e. The minimum absolute atomic E-state index is 0.0848. The fourth-order valence-corrected chi connectivity index (χ4v) is 6.25. The van der Waals surface area contributed by atoms with Gasteiger partial charge in [0.15, 0.2) is 0 Å². The number of piperidine rings is 2. The minimum atomic E-state index is -0.621. The quantitative estimate of drug-likeness (QED) is 0.540. The smallest absolute Gasteiger partial charge is 0.255 e. The van der Waals surface area contributed by atoms with Crippen LogP contribution in [0, 0.1) is 5.92 Å². The fourth-order valence-electron chi connectivity index (χ4n) is 6.25.